The van der Waals surface area contributed by atoms with E-state index in [-0.39, 0.29) is 12.2 Å². The Balaban J connectivity index is 2.46. The van der Waals surface area contributed by atoms with Crippen LogP contribution in [0.15, 0.2) is 16.5 Å². The number of nitriles is 1. The predicted octanol–water partition coefficient (Wildman–Crippen LogP) is 3.70. The van der Waals surface area contributed by atoms with Crippen molar-refractivity contribution in [2.24, 2.45) is 4.40 Å². The average molecular weight is 336 g/mol. The third-order valence-electron chi connectivity index (χ3n) is 3.63. The highest BCUT2D eigenvalue weighted by Crippen LogP contribution is 2.40. The second-order valence-corrected chi connectivity index (χ2v) is 8.95. The summed E-state index contributed by atoms with van der Waals surface area (Å²) >= 11 is 0. The molecule has 2 atom stereocenters. The Hall–Kier alpha value is -1.74. The van der Waals surface area contributed by atoms with Crippen LogP contribution in [0.3, 0.4) is 0 Å². The number of benzene rings is 1. The maximum absolute atomic E-state index is 13.9. The molecule has 0 bridgehead atoms. The second-order valence-electron chi connectivity index (χ2n) is 7.04. The molecule has 0 aliphatic carbocycles. The first-order valence-electron chi connectivity index (χ1n) is 7.42. The lowest BCUT2D eigenvalue weighted by atomic mass is 9.95. The van der Waals surface area contributed by atoms with Gasteiger partial charge in [-0.05, 0) is 46.8 Å². The Kier molecular flexibility index (Phi) is 4.63. The fraction of sp³-hybridized carbons (Fsp3) is 0.529. The van der Waals surface area contributed by atoms with Crippen LogP contribution in [0.4, 0.5) is 4.39 Å². The van der Waals surface area contributed by atoms with Crippen LogP contribution in [-0.4, -0.2) is 20.3 Å². The highest BCUT2D eigenvalue weighted by Gasteiger charge is 2.37. The number of ether oxygens (including phenoxy) is 1. The molecular weight excluding hydrogens is 315 g/mol. The molecular formula is C17H21FN2O2S. The third kappa shape index (κ3) is 3.78. The third-order valence-corrected chi connectivity index (χ3v) is 5.12. The minimum absolute atomic E-state index is 0.215. The average Bonchev–Trinajstić information content (AvgIpc) is 2.72. The molecule has 1 aliphatic heterocycles. The van der Waals surface area contributed by atoms with Gasteiger partial charge in [0.15, 0.2) is 0 Å². The molecule has 6 heteroatoms. The van der Waals surface area contributed by atoms with E-state index in [1.165, 1.54) is 12.1 Å². The van der Waals surface area contributed by atoms with Gasteiger partial charge in [-0.25, -0.2) is 8.60 Å². The molecule has 0 aromatic heterocycles. The zero-order valence-corrected chi connectivity index (χ0v) is 14.9. The molecule has 1 aliphatic rings. The Labute approximate surface area is 139 Å². The number of rotatable bonds is 3. The molecule has 0 fully saturated rings. The van der Waals surface area contributed by atoms with Crippen LogP contribution < -0.4 is 4.74 Å². The van der Waals surface area contributed by atoms with E-state index in [9.17, 15) is 8.60 Å². The van der Waals surface area contributed by atoms with E-state index in [0.717, 1.165) is 0 Å². The van der Waals surface area contributed by atoms with Crippen molar-refractivity contribution in [2.75, 3.05) is 0 Å². The lowest BCUT2D eigenvalue weighted by Gasteiger charge is -2.21. The highest BCUT2D eigenvalue weighted by atomic mass is 32.2. The maximum atomic E-state index is 13.9. The van der Waals surface area contributed by atoms with E-state index in [1.54, 1.807) is 6.92 Å². The number of hydrogen-bond donors (Lipinski definition) is 0. The Bertz CT molecular complexity index is 731. The van der Waals surface area contributed by atoms with E-state index < -0.39 is 21.3 Å². The van der Waals surface area contributed by atoms with Crippen molar-refractivity contribution < 1.29 is 13.3 Å². The highest BCUT2D eigenvalue weighted by molar-refractivity contribution is 7.85. The molecule has 1 aromatic carbocycles. The minimum atomic E-state index is -1.44. The van der Waals surface area contributed by atoms with E-state index in [0.29, 0.717) is 29.0 Å². The summed E-state index contributed by atoms with van der Waals surface area (Å²) in [6.45, 7) is 9.02. The first-order valence-corrected chi connectivity index (χ1v) is 8.52. The normalized spacial score (nSPS) is 22.2. The zero-order valence-electron chi connectivity index (χ0n) is 14.1. The van der Waals surface area contributed by atoms with Crippen molar-refractivity contribution in [3.8, 4) is 11.8 Å². The summed E-state index contributed by atoms with van der Waals surface area (Å²) in [7, 11) is -1.44. The SMILES string of the molecule is C/C(=N\S(=O)C(C)(C)C)c1cc(F)cc2c1OC(C)(CC#N)C2. The van der Waals surface area contributed by atoms with Crippen molar-refractivity contribution in [3.05, 3.63) is 29.1 Å². The number of hydrogen-bond acceptors (Lipinski definition) is 3. The summed E-state index contributed by atoms with van der Waals surface area (Å²) < 4.78 is 35.8. The molecule has 1 aromatic rings. The van der Waals surface area contributed by atoms with Gasteiger partial charge in [-0.15, -0.1) is 0 Å². The van der Waals surface area contributed by atoms with Gasteiger partial charge in [0.1, 0.15) is 28.2 Å². The van der Waals surface area contributed by atoms with Gasteiger partial charge < -0.3 is 4.74 Å². The number of fused-ring (bicyclic) bond motifs is 1. The summed E-state index contributed by atoms with van der Waals surface area (Å²) in [5.41, 5.74) is 1.02. The van der Waals surface area contributed by atoms with E-state index in [1.807, 2.05) is 27.7 Å². The summed E-state index contributed by atoms with van der Waals surface area (Å²) in [4.78, 5) is 0. The van der Waals surface area contributed by atoms with Crippen LogP contribution in [0.5, 0.6) is 5.75 Å². The number of halogens is 1. The first-order chi connectivity index (χ1) is 10.6. The van der Waals surface area contributed by atoms with E-state index in [2.05, 4.69) is 10.5 Å². The van der Waals surface area contributed by atoms with Crippen molar-refractivity contribution in [1.82, 2.24) is 0 Å². The van der Waals surface area contributed by atoms with Crippen LogP contribution in [0.1, 0.15) is 52.2 Å². The number of nitrogens with zero attached hydrogens (tertiary/aromatic N) is 2. The summed E-state index contributed by atoms with van der Waals surface area (Å²) in [5, 5.41) is 8.94. The fourth-order valence-electron chi connectivity index (χ4n) is 2.43. The largest absolute Gasteiger partial charge is 0.485 e. The topological polar surface area (TPSA) is 62.4 Å². The molecule has 0 N–H and O–H groups in total. The summed E-state index contributed by atoms with van der Waals surface area (Å²) in [5.74, 6) is 0.149. The van der Waals surface area contributed by atoms with Crippen LogP contribution in [0.25, 0.3) is 0 Å². The molecule has 2 rings (SSSR count). The molecule has 23 heavy (non-hydrogen) atoms. The fourth-order valence-corrected chi connectivity index (χ4v) is 3.05. The molecule has 0 spiro atoms. The van der Waals surface area contributed by atoms with Gasteiger partial charge in [0.2, 0.25) is 0 Å². The van der Waals surface area contributed by atoms with Gasteiger partial charge >= 0.3 is 0 Å². The first kappa shape index (κ1) is 17.6. The van der Waals surface area contributed by atoms with Crippen molar-refractivity contribution >= 4 is 16.7 Å². The smallest absolute Gasteiger partial charge is 0.145 e. The summed E-state index contributed by atoms with van der Waals surface area (Å²) in [6.07, 6.45) is 0.684. The lowest BCUT2D eigenvalue weighted by molar-refractivity contribution is 0.121. The lowest BCUT2D eigenvalue weighted by Crippen LogP contribution is -2.29. The van der Waals surface area contributed by atoms with Crippen LogP contribution in [-0.2, 0) is 17.4 Å². The minimum Gasteiger partial charge on any atom is -0.485 e. The van der Waals surface area contributed by atoms with Crippen molar-refractivity contribution in [3.63, 3.8) is 0 Å². The molecule has 2 unspecified atom stereocenters. The van der Waals surface area contributed by atoms with Gasteiger partial charge in [0.05, 0.1) is 22.9 Å². The van der Waals surface area contributed by atoms with Crippen molar-refractivity contribution in [1.29, 1.82) is 5.26 Å². The van der Waals surface area contributed by atoms with Gasteiger partial charge in [-0.3, -0.25) is 0 Å². The zero-order chi connectivity index (χ0) is 17.4. The molecule has 0 saturated carbocycles. The maximum Gasteiger partial charge on any atom is 0.145 e. The van der Waals surface area contributed by atoms with Crippen LogP contribution in [0, 0.1) is 17.1 Å². The second kappa shape index (κ2) is 6.04. The molecule has 0 saturated heterocycles. The van der Waals surface area contributed by atoms with Gasteiger partial charge in [0.25, 0.3) is 0 Å². The van der Waals surface area contributed by atoms with E-state index >= 15 is 0 Å². The van der Waals surface area contributed by atoms with Gasteiger partial charge in [-0.1, -0.05) is 0 Å². The van der Waals surface area contributed by atoms with Crippen molar-refractivity contribution in [2.45, 2.75) is 57.8 Å². The molecule has 1 heterocycles. The summed E-state index contributed by atoms with van der Waals surface area (Å²) in [6, 6.07) is 4.87. The monoisotopic (exact) mass is 336 g/mol. The Morgan fingerprint density at radius 1 is 1.52 bits per heavy atom. The van der Waals surface area contributed by atoms with E-state index in [4.69, 9.17) is 10.00 Å². The quantitative estimate of drug-likeness (QED) is 0.791. The van der Waals surface area contributed by atoms with Gasteiger partial charge in [-0.2, -0.15) is 9.66 Å². The van der Waals surface area contributed by atoms with Gasteiger partial charge in [0, 0.05) is 17.5 Å². The Morgan fingerprint density at radius 2 is 2.17 bits per heavy atom. The van der Waals surface area contributed by atoms with Crippen LogP contribution in [0.2, 0.25) is 0 Å². The Morgan fingerprint density at radius 3 is 2.74 bits per heavy atom. The van der Waals surface area contributed by atoms with Crippen LogP contribution >= 0.6 is 0 Å². The molecule has 4 nitrogen and oxygen atoms in total. The standard InChI is InChI=1S/C17H21FN2O2S/c1-11(20-23(21)16(2,3)4)14-9-13(18)8-12-10-17(5,6-7-19)22-15(12)14/h8-9H,6,10H2,1-5H3/b20-11+. The molecule has 124 valence electrons. The molecule has 0 amide bonds. The predicted molar refractivity (Wildman–Crippen MR) is 89.5 cm³/mol. The molecule has 0 radical (unpaired) electrons.